The number of alkyl halides is 3. The molecule has 0 aliphatic carbocycles. The van der Waals surface area contributed by atoms with Crippen molar-refractivity contribution in [3.63, 3.8) is 0 Å². The molecule has 0 bridgehead atoms. The molecular weight excluding hydrogens is 745 g/mol. The Morgan fingerprint density at radius 3 is 1.49 bits per heavy atom. The molecule has 4 rings (SSSR count). The van der Waals surface area contributed by atoms with Crippen LogP contribution < -0.4 is 18.9 Å². The van der Waals surface area contributed by atoms with E-state index in [-0.39, 0.29) is 33.9 Å². The minimum absolute atomic E-state index is 0.0579. The van der Waals surface area contributed by atoms with Gasteiger partial charge in [-0.25, -0.2) is 24.0 Å². The molecule has 0 aliphatic rings. The van der Waals surface area contributed by atoms with Crippen molar-refractivity contribution in [2.75, 3.05) is 0 Å². The van der Waals surface area contributed by atoms with Gasteiger partial charge in [0, 0.05) is 41.5 Å². The fourth-order valence-corrected chi connectivity index (χ4v) is 4.13. The lowest BCUT2D eigenvalue weighted by atomic mass is 10.1. The van der Waals surface area contributed by atoms with Crippen molar-refractivity contribution >= 4 is 35.9 Å². The van der Waals surface area contributed by atoms with Gasteiger partial charge in [0.05, 0.1) is 23.0 Å². The summed E-state index contributed by atoms with van der Waals surface area (Å²) in [6, 6.07) is 20.2. The van der Waals surface area contributed by atoms with Crippen LogP contribution in [-0.4, -0.2) is 36.0 Å². The number of ether oxygens (including phenoxy) is 5. The number of halogens is 3. The summed E-state index contributed by atoms with van der Waals surface area (Å²) >= 11 is 0. The molecule has 0 amide bonds. The Morgan fingerprint density at radius 2 is 1.02 bits per heavy atom. The molecule has 284 valence electrons. The monoisotopic (exact) mass is 772 g/mol. The Bertz CT molecular complexity index is 2420. The smallest absolute Gasteiger partial charge is 0.422 e. The molecule has 0 fully saturated rings. The number of esters is 5. The molecule has 0 aromatic heterocycles. The second-order valence-corrected chi connectivity index (χ2v) is 11.0. The van der Waals surface area contributed by atoms with Gasteiger partial charge in [-0.3, -0.25) is 0 Å². The van der Waals surface area contributed by atoms with Crippen LogP contribution >= 0.6 is 0 Å². The predicted octanol–water partition coefficient (Wildman–Crippen LogP) is 7.61. The SMILES string of the molecule is C=CC(=O)Oc1ccc(C=COC(=O)c2ccc(C#Cc3cc(OC(=O)C=C)c(C#Cc4ccc(OC(=O)C(=C)C(F)(F)F)cc4)cc3OC(=O)C=C)cc2)cc1. The summed E-state index contributed by atoms with van der Waals surface area (Å²) in [6.45, 7) is 12.8. The highest BCUT2D eigenvalue weighted by Crippen LogP contribution is 2.30. The van der Waals surface area contributed by atoms with Gasteiger partial charge in [0.15, 0.2) is 0 Å². The standard InChI is InChI=1S/C44H27F3O10/c1-5-39(48)54-35-20-14-31(15-21-35)24-25-53-43(52)32-16-8-29(9-17-32)10-18-33-26-38(57-41(50)7-3)34(27-37(33)56-40(49)6-2)19-11-30-12-22-36(23-13-30)55-42(51)28(4)44(45,46)47/h5-9,12-17,20-27H,1-4H2. The Labute approximate surface area is 323 Å². The summed E-state index contributed by atoms with van der Waals surface area (Å²) in [5.41, 5.74) is 0.0996. The minimum atomic E-state index is -4.96. The quantitative estimate of drug-likeness (QED) is 0.0494. The van der Waals surface area contributed by atoms with Gasteiger partial charge in [-0.2, -0.15) is 13.2 Å². The predicted molar refractivity (Wildman–Crippen MR) is 201 cm³/mol. The van der Waals surface area contributed by atoms with Crippen molar-refractivity contribution < 1.29 is 60.8 Å². The molecular formula is C44H27F3O10. The zero-order valence-corrected chi connectivity index (χ0v) is 29.5. The number of hydrogen-bond donors (Lipinski definition) is 0. The van der Waals surface area contributed by atoms with Crippen LogP contribution in [0.3, 0.4) is 0 Å². The lowest BCUT2D eigenvalue weighted by molar-refractivity contribution is -0.142. The maximum Gasteiger partial charge on any atom is 0.422 e. The first-order chi connectivity index (χ1) is 27.2. The molecule has 4 aromatic rings. The molecule has 0 spiro atoms. The highest BCUT2D eigenvalue weighted by atomic mass is 19.4. The van der Waals surface area contributed by atoms with Gasteiger partial charge < -0.3 is 23.7 Å². The first-order valence-electron chi connectivity index (χ1n) is 16.1. The molecule has 57 heavy (non-hydrogen) atoms. The van der Waals surface area contributed by atoms with Crippen LogP contribution in [0.2, 0.25) is 0 Å². The van der Waals surface area contributed by atoms with E-state index in [1.165, 1.54) is 60.9 Å². The number of hydrogen-bond acceptors (Lipinski definition) is 10. The van der Waals surface area contributed by atoms with Crippen molar-refractivity contribution in [3.05, 3.63) is 175 Å². The van der Waals surface area contributed by atoms with Crippen molar-refractivity contribution in [1.29, 1.82) is 0 Å². The van der Waals surface area contributed by atoms with Gasteiger partial charge >= 0.3 is 36.0 Å². The molecule has 0 heterocycles. The zero-order chi connectivity index (χ0) is 41.5. The molecule has 0 unspecified atom stereocenters. The Morgan fingerprint density at radius 1 is 0.579 bits per heavy atom. The maximum atomic E-state index is 12.7. The average Bonchev–Trinajstić information content (AvgIpc) is 3.20. The number of carbonyl (C=O) groups is 5. The van der Waals surface area contributed by atoms with Crippen molar-refractivity contribution in [2.24, 2.45) is 0 Å². The third kappa shape index (κ3) is 12.5. The lowest BCUT2D eigenvalue weighted by Gasteiger charge is -2.10. The van der Waals surface area contributed by atoms with E-state index in [9.17, 15) is 37.1 Å². The summed E-state index contributed by atoms with van der Waals surface area (Å²) in [5, 5.41) is 0. The molecule has 0 N–H and O–H groups in total. The van der Waals surface area contributed by atoms with Crippen LogP contribution in [0.5, 0.6) is 23.0 Å². The van der Waals surface area contributed by atoms with Crippen molar-refractivity contribution in [3.8, 4) is 46.7 Å². The summed E-state index contributed by atoms with van der Waals surface area (Å²) in [5.74, 6) is 6.62. The van der Waals surface area contributed by atoms with E-state index in [1.54, 1.807) is 36.4 Å². The Balaban J connectivity index is 1.55. The third-order valence-electron chi connectivity index (χ3n) is 6.99. The van der Waals surface area contributed by atoms with Crippen LogP contribution in [0.15, 0.2) is 141 Å². The second-order valence-electron chi connectivity index (χ2n) is 11.0. The van der Waals surface area contributed by atoms with E-state index in [4.69, 9.17) is 23.7 Å². The molecule has 4 aromatic carbocycles. The molecule has 0 atom stereocenters. The second kappa shape index (κ2) is 19.3. The van der Waals surface area contributed by atoms with Crippen LogP contribution in [-0.2, 0) is 23.9 Å². The third-order valence-corrected chi connectivity index (χ3v) is 6.99. The van der Waals surface area contributed by atoms with Crippen LogP contribution in [0.4, 0.5) is 13.2 Å². The topological polar surface area (TPSA) is 132 Å². The summed E-state index contributed by atoms with van der Waals surface area (Å²) in [6.07, 6.45) is 0.650. The van der Waals surface area contributed by atoms with E-state index in [0.717, 1.165) is 18.2 Å². The fourth-order valence-electron chi connectivity index (χ4n) is 4.13. The normalized spacial score (nSPS) is 10.3. The highest BCUT2D eigenvalue weighted by Gasteiger charge is 2.38. The Kier molecular flexibility index (Phi) is 14.0. The first kappa shape index (κ1) is 41.6. The number of benzene rings is 4. The van der Waals surface area contributed by atoms with Crippen molar-refractivity contribution in [1.82, 2.24) is 0 Å². The summed E-state index contributed by atoms with van der Waals surface area (Å²) < 4.78 is 63.9. The number of carbonyl (C=O) groups excluding carboxylic acids is 5. The van der Waals surface area contributed by atoms with Gasteiger partial charge in [-0.05, 0) is 72.3 Å². The minimum Gasteiger partial charge on any atom is -0.431 e. The average molecular weight is 773 g/mol. The number of rotatable bonds is 11. The molecule has 0 radical (unpaired) electrons. The molecule has 0 aliphatic heterocycles. The van der Waals surface area contributed by atoms with E-state index in [2.05, 4.69) is 50.0 Å². The van der Waals surface area contributed by atoms with Crippen LogP contribution in [0.1, 0.15) is 38.2 Å². The zero-order valence-electron chi connectivity index (χ0n) is 29.5. The van der Waals surface area contributed by atoms with Gasteiger partial charge in [-0.15, -0.1) is 0 Å². The molecule has 10 nitrogen and oxygen atoms in total. The van der Waals surface area contributed by atoms with Gasteiger partial charge in [0.2, 0.25) is 0 Å². The van der Waals surface area contributed by atoms with E-state index in [0.29, 0.717) is 22.4 Å². The van der Waals surface area contributed by atoms with E-state index in [1.807, 2.05) is 0 Å². The summed E-state index contributed by atoms with van der Waals surface area (Å²) in [4.78, 5) is 60.1. The largest absolute Gasteiger partial charge is 0.431 e. The maximum absolute atomic E-state index is 12.7. The van der Waals surface area contributed by atoms with E-state index >= 15 is 0 Å². The van der Waals surface area contributed by atoms with Gasteiger partial charge in [-0.1, -0.05) is 62.1 Å². The molecule has 13 heteroatoms. The van der Waals surface area contributed by atoms with Crippen LogP contribution in [0, 0.1) is 23.7 Å². The fraction of sp³-hybridized carbons (Fsp3) is 0.0227. The first-order valence-corrected chi connectivity index (χ1v) is 16.1. The van der Waals surface area contributed by atoms with Crippen LogP contribution in [0.25, 0.3) is 6.08 Å². The highest BCUT2D eigenvalue weighted by molar-refractivity contribution is 5.91. The van der Waals surface area contributed by atoms with E-state index < -0.39 is 41.6 Å². The lowest BCUT2D eigenvalue weighted by Crippen LogP contribution is -2.23. The molecule has 0 saturated heterocycles. The van der Waals surface area contributed by atoms with Gasteiger partial charge in [0.25, 0.3) is 0 Å². The van der Waals surface area contributed by atoms with Gasteiger partial charge in [0.1, 0.15) is 28.6 Å². The Hall–Kier alpha value is -8.16. The summed E-state index contributed by atoms with van der Waals surface area (Å²) in [7, 11) is 0. The van der Waals surface area contributed by atoms with Crippen molar-refractivity contribution in [2.45, 2.75) is 6.18 Å². The molecule has 0 saturated carbocycles.